The fourth-order valence-corrected chi connectivity index (χ4v) is 3.20. The van der Waals surface area contributed by atoms with E-state index >= 15 is 0 Å². The van der Waals surface area contributed by atoms with Crippen LogP contribution >= 0.6 is 0 Å². The molecule has 0 spiro atoms. The Morgan fingerprint density at radius 2 is 1.76 bits per heavy atom. The van der Waals surface area contributed by atoms with Gasteiger partial charge < -0.3 is 5.32 Å². The maximum atomic E-state index is 12.5. The number of halogens is 3. The third kappa shape index (κ3) is 4.11. The molecule has 2 unspecified atom stereocenters. The van der Waals surface area contributed by atoms with Gasteiger partial charge in [0.1, 0.15) is 5.69 Å². The number of rotatable bonds is 2. The van der Waals surface area contributed by atoms with Crippen LogP contribution < -0.4 is 5.32 Å². The first-order valence-electron chi connectivity index (χ1n) is 7.48. The second-order valence-corrected chi connectivity index (χ2v) is 6.94. The molecule has 1 heterocycles. The predicted molar refractivity (Wildman–Crippen MR) is 78.1 cm³/mol. The van der Waals surface area contributed by atoms with Crippen LogP contribution in [0, 0.1) is 11.3 Å². The average Bonchev–Trinajstić information content (AvgIpc) is 2.37. The van der Waals surface area contributed by atoms with Gasteiger partial charge in [-0.2, -0.15) is 13.2 Å². The van der Waals surface area contributed by atoms with Gasteiger partial charge >= 0.3 is 6.18 Å². The number of nitrogens with zero attached hydrogens (tertiary/aromatic N) is 1. The Hall–Kier alpha value is -1.26. The van der Waals surface area contributed by atoms with Gasteiger partial charge in [-0.05, 0) is 36.3 Å². The number of pyridine rings is 1. The third-order valence-electron chi connectivity index (χ3n) is 4.28. The minimum Gasteiger partial charge on any atom is -0.381 e. The van der Waals surface area contributed by atoms with Crippen molar-refractivity contribution in [3.8, 4) is 0 Å². The van der Waals surface area contributed by atoms with Crippen molar-refractivity contribution in [3.05, 3.63) is 24.0 Å². The molecule has 2 nitrogen and oxygen atoms in total. The Balaban J connectivity index is 2.09. The molecule has 1 aromatic rings. The zero-order valence-electron chi connectivity index (χ0n) is 12.8. The lowest BCUT2D eigenvalue weighted by Gasteiger charge is -2.41. The summed E-state index contributed by atoms with van der Waals surface area (Å²) < 4.78 is 37.5. The van der Waals surface area contributed by atoms with Gasteiger partial charge in [0, 0.05) is 6.04 Å². The SMILES string of the molecule is CC(C)(C)C1CCCCC1Nc1ccc(C(F)(F)F)nc1. The number of hydrogen-bond acceptors (Lipinski definition) is 2. The summed E-state index contributed by atoms with van der Waals surface area (Å²) >= 11 is 0. The average molecular weight is 300 g/mol. The van der Waals surface area contributed by atoms with E-state index in [4.69, 9.17) is 0 Å². The van der Waals surface area contributed by atoms with Gasteiger partial charge in [0.2, 0.25) is 0 Å². The van der Waals surface area contributed by atoms with Crippen molar-refractivity contribution in [3.63, 3.8) is 0 Å². The van der Waals surface area contributed by atoms with Crippen LogP contribution in [-0.2, 0) is 6.18 Å². The molecule has 1 N–H and O–H groups in total. The van der Waals surface area contributed by atoms with Gasteiger partial charge in [-0.15, -0.1) is 0 Å². The number of hydrogen-bond donors (Lipinski definition) is 1. The Morgan fingerprint density at radius 1 is 1.10 bits per heavy atom. The lowest BCUT2D eigenvalue weighted by Crippen LogP contribution is -2.39. The molecule has 5 heteroatoms. The molecule has 21 heavy (non-hydrogen) atoms. The maximum Gasteiger partial charge on any atom is 0.433 e. The number of nitrogens with one attached hydrogen (secondary N) is 1. The lowest BCUT2D eigenvalue weighted by molar-refractivity contribution is -0.141. The molecule has 1 saturated carbocycles. The summed E-state index contributed by atoms with van der Waals surface area (Å²) in [6.45, 7) is 6.67. The highest BCUT2D eigenvalue weighted by molar-refractivity contribution is 5.42. The van der Waals surface area contributed by atoms with E-state index < -0.39 is 11.9 Å². The summed E-state index contributed by atoms with van der Waals surface area (Å²) in [4.78, 5) is 3.52. The predicted octanol–water partition coefficient (Wildman–Crippen LogP) is 5.12. The molecule has 1 aliphatic rings. The molecule has 1 fully saturated rings. The maximum absolute atomic E-state index is 12.5. The van der Waals surface area contributed by atoms with E-state index in [-0.39, 0.29) is 5.41 Å². The second-order valence-electron chi connectivity index (χ2n) is 6.94. The standard InChI is InChI=1S/C16H23F3N2/c1-15(2,3)12-6-4-5-7-13(12)21-11-8-9-14(20-10-11)16(17,18)19/h8-10,12-13,21H,4-7H2,1-3H3. The summed E-state index contributed by atoms with van der Waals surface area (Å²) in [6, 6.07) is 2.82. The molecule has 0 aliphatic heterocycles. The summed E-state index contributed by atoms with van der Waals surface area (Å²) in [5, 5.41) is 3.39. The van der Waals surface area contributed by atoms with Crippen molar-refractivity contribution in [2.75, 3.05) is 5.32 Å². The molecule has 0 radical (unpaired) electrons. The van der Waals surface area contributed by atoms with Crippen LogP contribution in [0.5, 0.6) is 0 Å². The number of anilines is 1. The third-order valence-corrected chi connectivity index (χ3v) is 4.28. The fourth-order valence-electron chi connectivity index (χ4n) is 3.20. The summed E-state index contributed by atoms with van der Waals surface area (Å²) in [7, 11) is 0. The quantitative estimate of drug-likeness (QED) is 0.820. The van der Waals surface area contributed by atoms with Crippen LogP contribution in [0.1, 0.15) is 52.1 Å². The normalized spacial score (nSPS) is 23.9. The Morgan fingerprint density at radius 3 is 2.29 bits per heavy atom. The molecule has 0 aromatic carbocycles. The second kappa shape index (κ2) is 5.85. The molecule has 2 rings (SSSR count). The molecule has 2 atom stereocenters. The summed E-state index contributed by atoms with van der Waals surface area (Å²) in [6.07, 6.45) is 1.52. The Labute approximate surface area is 124 Å². The van der Waals surface area contributed by atoms with Gasteiger partial charge in [-0.1, -0.05) is 33.6 Å². The van der Waals surface area contributed by atoms with Gasteiger partial charge in [0.25, 0.3) is 0 Å². The summed E-state index contributed by atoms with van der Waals surface area (Å²) in [5.74, 6) is 0.522. The molecule has 0 amide bonds. The van der Waals surface area contributed by atoms with Crippen LogP contribution in [0.3, 0.4) is 0 Å². The zero-order valence-corrected chi connectivity index (χ0v) is 12.8. The first kappa shape index (κ1) is 16.1. The largest absolute Gasteiger partial charge is 0.433 e. The van der Waals surface area contributed by atoms with E-state index in [0.717, 1.165) is 25.3 Å². The van der Waals surface area contributed by atoms with E-state index in [1.54, 1.807) is 0 Å². The highest BCUT2D eigenvalue weighted by Gasteiger charge is 2.35. The van der Waals surface area contributed by atoms with E-state index in [1.165, 1.54) is 18.7 Å². The smallest absolute Gasteiger partial charge is 0.381 e. The van der Waals surface area contributed by atoms with Crippen molar-refractivity contribution in [1.29, 1.82) is 0 Å². The van der Waals surface area contributed by atoms with E-state index in [2.05, 4.69) is 31.1 Å². The molecule has 1 aliphatic carbocycles. The highest BCUT2D eigenvalue weighted by atomic mass is 19.4. The van der Waals surface area contributed by atoms with Crippen LogP contribution in [0.25, 0.3) is 0 Å². The van der Waals surface area contributed by atoms with Crippen molar-refractivity contribution in [2.45, 2.75) is 58.7 Å². The van der Waals surface area contributed by atoms with Crippen LogP contribution in [-0.4, -0.2) is 11.0 Å². The Bertz CT molecular complexity index is 460. The van der Waals surface area contributed by atoms with E-state index in [9.17, 15) is 13.2 Å². The van der Waals surface area contributed by atoms with Crippen LogP contribution in [0.2, 0.25) is 0 Å². The van der Waals surface area contributed by atoms with Crippen molar-refractivity contribution < 1.29 is 13.2 Å². The molecule has 0 bridgehead atoms. The van der Waals surface area contributed by atoms with Crippen LogP contribution in [0.15, 0.2) is 18.3 Å². The lowest BCUT2D eigenvalue weighted by atomic mass is 9.69. The minimum atomic E-state index is -4.38. The topological polar surface area (TPSA) is 24.9 Å². The number of aromatic nitrogens is 1. The van der Waals surface area contributed by atoms with Gasteiger partial charge in [0.05, 0.1) is 11.9 Å². The van der Waals surface area contributed by atoms with Gasteiger partial charge in [-0.3, -0.25) is 0 Å². The zero-order chi connectivity index (χ0) is 15.7. The number of alkyl halides is 3. The monoisotopic (exact) mass is 300 g/mol. The van der Waals surface area contributed by atoms with Crippen molar-refractivity contribution >= 4 is 5.69 Å². The van der Waals surface area contributed by atoms with E-state index in [0.29, 0.717) is 17.6 Å². The molecule has 0 saturated heterocycles. The van der Waals surface area contributed by atoms with Crippen molar-refractivity contribution in [2.24, 2.45) is 11.3 Å². The molecule has 118 valence electrons. The first-order chi connectivity index (χ1) is 9.68. The van der Waals surface area contributed by atoms with Crippen molar-refractivity contribution in [1.82, 2.24) is 4.98 Å². The fraction of sp³-hybridized carbons (Fsp3) is 0.688. The van der Waals surface area contributed by atoms with Gasteiger partial charge in [0.15, 0.2) is 0 Å². The minimum absolute atomic E-state index is 0.192. The summed E-state index contributed by atoms with van der Waals surface area (Å²) in [5.41, 5.74) is 0.0189. The van der Waals surface area contributed by atoms with Crippen LogP contribution in [0.4, 0.5) is 18.9 Å². The molecular formula is C16H23F3N2. The van der Waals surface area contributed by atoms with Gasteiger partial charge in [-0.25, -0.2) is 4.98 Å². The molecule has 1 aromatic heterocycles. The highest BCUT2D eigenvalue weighted by Crippen LogP contribution is 2.39. The Kier molecular flexibility index (Phi) is 4.49. The van der Waals surface area contributed by atoms with E-state index in [1.807, 2.05) is 0 Å². The molecular weight excluding hydrogens is 277 g/mol. The first-order valence-corrected chi connectivity index (χ1v) is 7.48.